The predicted octanol–water partition coefficient (Wildman–Crippen LogP) is 2.37. The highest BCUT2D eigenvalue weighted by atomic mass is 16.5. The Morgan fingerprint density at radius 3 is 2.71 bits per heavy atom. The molecule has 0 bridgehead atoms. The molecule has 5 nitrogen and oxygen atoms in total. The molecule has 1 saturated heterocycles. The van der Waals surface area contributed by atoms with Crippen molar-refractivity contribution in [2.24, 2.45) is 16.1 Å². The van der Waals surface area contributed by atoms with E-state index in [-0.39, 0.29) is 11.6 Å². The first-order valence-corrected chi connectivity index (χ1v) is 7.97. The fourth-order valence-electron chi connectivity index (χ4n) is 2.97. The summed E-state index contributed by atoms with van der Waals surface area (Å²) >= 11 is 0. The van der Waals surface area contributed by atoms with Gasteiger partial charge in [-0.2, -0.15) is 10.2 Å². The Bertz CT molecular complexity index is 453. The number of rotatable bonds is 8. The first-order chi connectivity index (χ1) is 10.2. The smallest absolute Gasteiger partial charge is 0.222 e. The molecule has 3 rings (SSSR count). The predicted molar refractivity (Wildman–Crippen MR) is 78.5 cm³/mol. The summed E-state index contributed by atoms with van der Waals surface area (Å²) in [6.45, 7) is 2.49. The van der Waals surface area contributed by atoms with Gasteiger partial charge in [0, 0.05) is 50.8 Å². The van der Waals surface area contributed by atoms with Crippen molar-refractivity contribution in [2.75, 3.05) is 19.8 Å². The van der Waals surface area contributed by atoms with E-state index in [0.29, 0.717) is 31.2 Å². The molecule has 1 amide bonds. The first kappa shape index (κ1) is 14.5. The fourth-order valence-corrected chi connectivity index (χ4v) is 2.97. The van der Waals surface area contributed by atoms with Crippen molar-refractivity contribution in [3.63, 3.8) is 0 Å². The lowest BCUT2D eigenvalue weighted by atomic mass is 10.0. The molecule has 0 aromatic heterocycles. The van der Waals surface area contributed by atoms with Crippen LogP contribution < -0.4 is 0 Å². The molecular formula is C16H23N3O2. The van der Waals surface area contributed by atoms with Crippen LogP contribution in [0.4, 0.5) is 0 Å². The maximum absolute atomic E-state index is 12.5. The van der Waals surface area contributed by atoms with E-state index in [2.05, 4.69) is 21.0 Å². The molecule has 0 spiro atoms. The molecule has 2 heterocycles. The zero-order chi connectivity index (χ0) is 14.7. The molecule has 2 fully saturated rings. The second-order valence-corrected chi connectivity index (χ2v) is 6.39. The van der Waals surface area contributed by atoms with Crippen LogP contribution in [0, 0.1) is 18.3 Å². The van der Waals surface area contributed by atoms with Crippen LogP contribution >= 0.6 is 0 Å². The summed E-state index contributed by atoms with van der Waals surface area (Å²) < 4.78 is 5.42. The third-order valence-electron chi connectivity index (χ3n) is 4.58. The number of hydrogen-bond acceptors (Lipinski definition) is 4. The lowest BCUT2D eigenvalue weighted by Gasteiger charge is -2.25. The Balaban J connectivity index is 1.47. The van der Waals surface area contributed by atoms with Gasteiger partial charge in [-0.05, 0) is 19.3 Å². The molecule has 1 saturated carbocycles. The van der Waals surface area contributed by atoms with Gasteiger partial charge in [0.1, 0.15) is 0 Å². The Morgan fingerprint density at radius 1 is 1.33 bits per heavy atom. The van der Waals surface area contributed by atoms with Crippen LogP contribution in [0.5, 0.6) is 0 Å². The summed E-state index contributed by atoms with van der Waals surface area (Å²) in [6.07, 6.45) is 11.3. The van der Waals surface area contributed by atoms with Crippen LogP contribution in [-0.2, 0) is 9.53 Å². The second kappa shape index (κ2) is 6.15. The fraction of sp³-hybridized carbons (Fsp3) is 0.812. The number of hydrogen-bond donors (Lipinski definition) is 0. The highest BCUT2D eigenvalue weighted by Gasteiger charge is 2.41. The summed E-state index contributed by atoms with van der Waals surface area (Å²) in [7, 11) is 0. The van der Waals surface area contributed by atoms with Crippen LogP contribution in [0.15, 0.2) is 10.2 Å². The van der Waals surface area contributed by atoms with Crippen molar-refractivity contribution < 1.29 is 9.53 Å². The summed E-state index contributed by atoms with van der Waals surface area (Å²) in [4.78, 5) is 14.6. The molecule has 21 heavy (non-hydrogen) atoms. The van der Waals surface area contributed by atoms with Crippen LogP contribution in [0.25, 0.3) is 0 Å². The number of nitrogens with zero attached hydrogens (tertiary/aromatic N) is 3. The van der Waals surface area contributed by atoms with Crippen molar-refractivity contribution in [2.45, 2.75) is 56.7 Å². The van der Waals surface area contributed by atoms with E-state index in [1.807, 2.05) is 0 Å². The summed E-state index contributed by atoms with van der Waals surface area (Å²) in [5.74, 6) is 3.39. The Morgan fingerprint density at radius 2 is 2.14 bits per heavy atom. The van der Waals surface area contributed by atoms with E-state index in [4.69, 9.17) is 11.2 Å². The minimum atomic E-state index is -0.340. The molecule has 1 atom stereocenters. The molecule has 0 N–H and O–H groups in total. The molecular weight excluding hydrogens is 266 g/mol. The summed E-state index contributed by atoms with van der Waals surface area (Å²) in [5, 5.41) is 8.21. The third-order valence-corrected chi connectivity index (χ3v) is 4.58. The van der Waals surface area contributed by atoms with Gasteiger partial charge in [-0.1, -0.05) is 0 Å². The minimum Gasteiger partial charge on any atom is -0.381 e. The molecule has 5 heteroatoms. The van der Waals surface area contributed by atoms with E-state index < -0.39 is 0 Å². The maximum Gasteiger partial charge on any atom is 0.222 e. The van der Waals surface area contributed by atoms with Crippen molar-refractivity contribution in [3.8, 4) is 12.3 Å². The molecule has 114 valence electrons. The summed E-state index contributed by atoms with van der Waals surface area (Å²) in [5.41, 5.74) is -0.340. The monoisotopic (exact) mass is 289 g/mol. The molecule has 0 aromatic rings. The van der Waals surface area contributed by atoms with E-state index in [1.165, 1.54) is 0 Å². The average Bonchev–Trinajstić information content (AvgIpc) is 3.41. The quantitative estimate of drug-likeness (QED) is 0.644. The largest absolute Gasteiger partial charge is 0.381 e. The SMILES string of the molecule is C#CCCC1(CCC(=O)N(CC2CCOC2)C2CC2)N=N1. The van der Waals surface area contributed by atoms with Gasteiger partial charge in [-0.15, -0.1) is 12.3 Å². The van der Waals surface area contributed by atoms with Crippen LogP contribution in [0.3, 0.4) is 0 Å². The topological polar surface area (TPSA) is 54.3 Å². The third kappa shape index (κ3) is 3.82. The molecule has 0 radical (unpaired) electrons. The van der Waals surface area contributed by atoms with Gasteiger partial charge in [-0.25, -0.2) is 0 Å². The van der Waals surface area contributed by atoms with Gasteiger partial charge < -0.3 is 9.64 Å². The number of amides is 1. The Labute approximate surface area is 126 Å². The normalized spacial score (nSPS) is 25.6. The number of carbonyl (C=O) groups excluding carboxylic acids is 1. The lowest BCUT2D eigenvalue weighted by molar-refractivity contribution is -0.132. The molecule has 3 aliphatic rings. The van der Waals surface area contributed by atoms with Crippen LogP contribution in [-0.4, -0.2) is 42.3 Å². The van der Waals surface area contributed by atoms with Crippen molar-refractivity contribution in [1.82, 2.24) is 4.90 Å². The maximum atomic E-state index is 12.5. The molecule has 1 unspecified atom stereocenters. The number of carbonyl (C=O) groups is 1. The van der Waals surface area contributed by atoms with Crippen LogP contribution in [0.1, 0.15) is 44.9 Å². The minimum absolute atomic E-state index is 0.252. The van der Waals surface area contributed by atoms with E-state index in [0.717, 1.165) is 45.4 Å². The highest BCUT2D eigenvalue weighted by molar-refractivity contribution is 5.77. The van der Waals surface area contributed by atoms with Gasteiger partial charge in [0.2, 0.25) is 5.91 Å². The van der Waals surface area contributed by atoms with E-state index >= 15 is 0 Å². The molecule has 1 aliphatic carbocycles. The van der Waals surface area contributed by atoms with E-state index in [9.17, 15) is 4.79 Å². The molecule has 0 aromatic carbocycles. The van der Waals surface area contributed by atoms with Crippen molar-refractivity contribution in [1.29, 1.82) is 0 Å². The highest BCUT2D eigenvalue weighted by Crippen LogP contribution is 2.38. The number of terminal acetylenes is 1. The van der Waals surface area contributed by atoms with Crippen LogP contribution in [0.2, 0.25) is 0 Å². The zero-order valence-electron chi connectivity index (χ0n) is 12.5. The van der Waals surface area contributed by atoms with Gasteiger partial charge >= 0.3 is 0 Å². The first-order valence-electron chi connectivity index (χ1n) is 7.97. The van der Waals surface area contributed by atoms with Crippen molar-refractivity contribution >= 4 is 5.91 Å². The standard InChI is InChI=1S/C16H23N3O2/c1-2-3-8-16(17-18-16)9-6-15(20)19(14-4-5-14)11-13-7-10-21-12-13/h1,13-14H,3-12H2. The Hall–Kier alpha value is -1.41. The lowest BCUT2D eigenvalue weighted by Crippen LogP contribution is -2.37. The van der Waals surface area contributed by atoms with Gasteiger partial charge in [0.15, 0.2) is 5.66 Å². The summed E-state index contributed by atoms with van der Waals surface area (Å²) in [6, 6.07) is 0.466. The number of ether oxygens (including phenoxy) is 1. The van der Waals surface area contributed by atoms with Gasteiger partial charge in [0.25, 0.3) is 0 Å². The second-order valence-electron chi connectivity index (χ2n) is 6.39. The van der Waals surface area contributed by atoms with Crippen molar-refractivity contribution in [3.05, 3.63) is 0 Å². The van der Waals surface area contributed by atoms with E-state index in [1.54, 1.807) is 0 Å². The average molecular weight is 289 g/mol. The van der Waals surface area contributed by atoms with Gasteiger partial charge in [-0.3, -0.25) is 4.79 Å². The Kier molecular flexibility index (Phi) is 4.25. The zero-order valence-corrected chi connectivity index (χ0v) is 12.5. The molecule has 2 aliphatic heterocycles. The van der Waals surface area contributed by atoms with Gasteiger partial charge in [0.05, 0.1) is 6.61 Å².